The molecule has 0 unspecified atom stereocenters. The van der Waals surface area contributed by atoms with E-state index in [0.717, 1.165) is 72.2 Å². The molecular weight excluding hydrogens is 428 g/mol. The van der Waals surface area contributed by atoms with Crippen molar-refractivity contribution in [2.75, 3.05) is 33.0 Å². The quantitative estimate of drug-likeness (QED) is 0.542. The smallest absolute Gasteiger partial charge is 0.253 e. The second kappa shape index (κ2) is 9.77. The van der Waals surface area contributed by atoms with E-state index in [4.69, 9.17) is 14.2 Å². The third kappa shape index (κ3) is 4.87. The van der Waals surface area contributed by atoms with Crippen molar-refractivity contribution in [3.05, 3.63) is 88.5 Å². The van der Waals surface area contributed by atoms with Crippen LogP contribution >= 0.6 is 0 Å². The molecule has 2 aliphatic heterocycles. The third-order valence-corrected chi connectivity index (χ3v) is 6.50. The minimum absolute atomic E-state index is 0.0879. The van der Waals surface area contributed by atoms with E-state index in [1.54, 1.807) is 0 Å². The van der Waals surface area contributed by atoms with Crippen molar-refractivity contribution >= 4 is 5.91 Å². The summed E-state index contributed by atoms with van der Waals surface area (Å²) in [6.45, 7) is 8.87. The molecule has 34 heavy (non-hydrogen) atoms. The molecule has 0 N–H and O–H groups in total. The van der Waals surface area contributed by atoms with E-state index in [9.17, 15) is 4.79 Å². The summed E-state index contributed by atoms with van der Waals surface area (Å²) in [6.07, 6.45) is 0. The zero-order valence-corrected chi connectivity index (χ0v) is 19.8. The number of carbonyl (C=O) groups is 1. The van der Waals surface area contributed by atoms with Gasteiger partial charge in [0.2, 0.25) is 6.79 Å². The van der Waals surface area contributed by atoms with Crippen LogP contribution < -0.4 is 14.2 Å². The molecule has 0 radical (unpaired) electrons. The highest BCUT2D eigenvalue weighted by Gasteiger charge is 2.23. The van der Waals surface area contributed by atoms with Gasteiger partial charge >= 0.3 is 0 Å². The first-order valence-corrected chi connectivity index (χ1v) is 11.7. The second-order valence-corrected chi connectivity index (χ2v) is 8.96. The Morgan fingerprint density at radius 1 is 0.853 bits per heavy atom. The Labute approximate surface area is 200 Å². The van der Waals surface area contributed by atoms with Crippen molar-refractivity contribution < 1.29 is 19.0 Å². The van der Waals surface area contributed by atoms with E-state index in [1.165, 1.54) is 5.56 Å². The lowest BCUT2D eigenvalue weighted by atomic mass is 10.1. The number of carbonyl (C=O) groups excluding carboxylic acids is 1. The molecule has 0 aromatic heterocycles. The fourth-order valence-corrected chi connectivity index (χ4v) is 4.52. The van der Waals surface area contributed by atoms with Crippen molar-refractivity contribution in [2.24, 2.45) is 0 Å². The molecule has 0 spiro atoms. The van der Waals surface area contributed by atoms with Gasteiger partial charge in [0.1, 0.15) is 12.4 Å². The number of ether oxygens (including phenoxy) is 3. The van der Waals surface area contributed by atoms with Gasteiger partial charge in [-0.25, -0.2) is 0 Å². The first-order chi connectivity index (χ1) is 16.6. The van der Waals surface area contributed by atoms with Crippen molar-refractivity contribution in [2.45, 2.75) is 27.0 Å². The Balaban J connectivity index is 1.12. The lowest BCUT2D eigenvalue weighted by Gasteiger charge is -2.34. The SMILES string of the molecule is Cc1cccc(C)c1OCc1ccc(C(=O)N2CCN(Cc3ccc4c(c3)OCO4)CC2)cc1. The van der Waals surface area contributed by atoms with Crippen molar-refractivity contribution in [3.63, 3.8) is 0 Å². The van der Waals surface area contributed by atoms with Gasteiger partial charge in [-0.2, -0.15) is 0 Å². The summed E-state index contributed by atoms with van der Waals surface area (Å²) in [6, 6.07) is 20.0. The van der Waals surface area contributed by atoms with Gasteiger partial charge in [-0.15, -0.1) is 0 Å². The molecule has 0 bridgehead atoms. The van der Waals surface area contributed by atoms with Gasteiger partial charge in [-0.1, -0.05) is 36.4 Å². The zero-order valence-electron chi connectivity index (χ0n) is 19.8. The van der Waals surface area contributed by atoms with Gasteiger partial charge in [0.25, 0.3) is 5.91 Å². The number of benzene rings is 3. The van der Waals surface area contributed by atoms with Gasteiger partial charge in [0.05, 0.1) is 0 Å². The lowest BCUT2D eigenvalue weighted by molar-refractivity contribution is 0.0628. The van der Waals surface area contributed by atoms with Crippen LogP contribution in [-0.2, 0) is 13.2 Å². The van der Waals surface area contributed by atoms with Crippen LogP contribution in [0.1, 0.15) is 32.6 Å². The number of rotatable bonds is 6. The highest BCUT2D eigenvalue weighted by Crippen LogP contribution is 2.33. The molecule has 0 saturated carbocycles. The van der Waals surface area contributed by atoms with Crippen LogP contribution in [-0.4, -0.2) is 48.7 Å². The Morgan fingerprint density at radius 3 is 2.26 bits per heavy atom. The van der Waals surface area contributed by atoms with Crippen molar-refractivity contribution in [3.8, 4) is 17.2 Å². The molecule has 3 aromatic rings. The molecular formula is C28H30N2O4. The highest BCUT2D eigenvalue weighted by atomic mass is 16.7. The van der Waals surface area contributed by atoms with Gasteiger partial charge in [0.15, 0.2) is 11.5 Å². The molecule has 5 rings (SSSR count). The maximum absolute atomic E-state index is 13.0. The molecule has 0 atom stereocenters. The maximum Gasteiger partial charge on any atom is 0.253 e. The number of amides is 1. The summed E-state index contributed by atoms with van der Waals surface area (Å²) >= 11 is 0. The van der Waals surface area contributed by atoms with Crippen LogP contribution in [0.4, 0.5) is 0 Å². The molecule has 176 valence electrons. The summed E-state index contributed by atoms with van der Waals surface area (Å²) in [7, 11) is 0. The number of aryl methyl sites for hydroxylation is 2. The fourth-order valence-electron chi connectivity index (χ4n) is 4.52. The zero-order chi connectivity index (χ0) is 23.5. The Bertz CT molecular complexity index is 1150. The van der Waals surface area contributed by atoms with Crippen LogP contribution in [0, 0.1) is 13.8 Å². The number of fused-ring (bicyclic) bond motifs is 1. The average molecular weight is 459 g/mol. The van der Waals surface area contributed by atoms with Crippen LogP contribution in [0.3, 0.4) is 0 Å². The van der Waals surface area contributed by atoms with Crippen LogP contribution in [0.25, 0.3) is 0 Å². The predicted molar refractivity (Wildman–Crippen MR) is 130 cm³/mol. The normalized spacial score (nSPS) is 15.4. The van der Waals surface area contributed by atoms with E-state index in [2.05, 4.69) is 36.9 Å². The lowest BCUT2D eigenvalue weighted by Crippen LogP contribution is -2.48. The van der Waals surface area contributed by atoms with Gasteiger partial charge in [-0.05, 0) is 60.4 Å². The largest absolute Gasteiger partial charge is 0.488 e. The van der Waals surface area contributed by atoms with E-state index in [-0.39, 0.29) is 5.91 Å². The molecule has 2 heterocycles. The summed E-state index contributed by atoms with van der Waals surface area (Å²) in [5.41, 5.74) is 5.23. The van der Waals surface area contributed by atoms with E-state index >= 15 is 0 Å². The third-order valence-electron chi connectivity index (χ3n) is 6.50. The van der Waals surface area contributed by atoms with Gasteiger partial charge in [-0.3, -0.25) is 9.69 Å². The number of hydrogen-bond donors (Lipinski definition) is 0. The molecule has 6 heteroatoms. The first kappa shape index (κ1) is 22.3. The Hall–Kier alpha value is -3.51. The minimum Gasteiger partial charge on any atom is -0.488 e. The van der Waals surface area contributed by atoms with Crippen LogP contribution in [0.15, 0.2) is 60.7 Å². The first-order valence-electron chi connectivity index (χ1n) is 11.7. The predicted octanol–water partition coefficient (Wildman–Crippen LogP) is 4.57. The minimum atomic E-state index is 0.0879. The Morgan fingerprint density at radius 2 is 1.53 bits per heavy atom. The molecule has 6 nitrogen and oxygen atoms in total. The molecule has 1 fully saturated rings. The average Bonchev–Trinajstić information content (AvgIpc) is 3.32. The van der Waals surface area contributed by atoms with Gasteiger partial charge in [0, 0.05) is 38.3 Å². The standard InChI is InChI=1S/C28H30N2O4/c1-20-4-3-5-21(2)27(20)32-18-22-6-9-24(10-7-22)28(31)30-14-12-29(13-15-30)17-23-8-11-25-26(16-23)34-19-33-25/h3-11,16H,12-15,17-19H2,1-2H3. The van der Waals surface area contributed by atoms with Crippen molar-refractivity contribution in [1.82, 2.24) is 9.80 Å². The number of piperazine rings is 1. The summed E-state index contributed by atoms with van der Waals surface area (Å²) in [4.78, 5) is 17.3. The maximum atomic E-state index is 13.0. The highest BCUT2D eigenvalue weighted by molar-refractivity contribution is 5.94. The summed E-state index contributed by atoms with van der Waals surface area (Å²) in [5, 5.41) is 0. The monoisotopic (exact) mass is 458 g/mol. The summed E-state index contributed by atoms with van der Waals surface area (Å²) in [5.74, 6) is 2.64. The number of nitrogens with zero attached hydrogens (tertiary/aromatic N) is 2. The fraction of sp³-hybridized carbons (Fsp3) is 0.321. The Kier molecular flexibility index (Phi) is 6.41. The molecule has 0 aliphatic carbocycles. The summed E-state index contributed by atoms with van der Waals surface area (Å²) < 4.78 is 16.9. The topological polar surface area (TPSA) is 51.2 Å². The van der Waals surface area contributed by atoms with Crippen molar-refractivity contribution in [1.29, 1.82) is 0 Å². The molecule has 3 aromatic carbocycles. The van der Waals surface area contributed by atoms with Crippen LogP contribution in [0.2, 0.25) is 0 Å². The molecule has 1 saturated heterocycles. The van der Waals surface area contributed by atoms with E-state index < -0.39 is 0 Å². The van der Waals surface area contributed by atoms with Gasteiger partial charge < -0.3 is 19.1 Å². The number of para-hydroxylation sites is 1. The van der Waals surface area contributed by atoms with Crippen LogP contribution in [0.5, 0.6) is 17.2 Å². The molecule has 2 aliphatic rings. The molecule has 1 amide bonds. The van der Waals surface area contributed by atoms with E-state index in [1.807, 2.05) is 47.4 Å². The van der Waals surface area contributed by atoms with E-state index in [0.29, 0.717) is 13.4 Å². The second-order valence-electron chi connectivity index (χ2n) is 8.96. The number of hydrogen-bond acceptors (Lipinski definition) is 5.